The molecule has 172 valence electrons. The van der Waals surface area contributed by atoms with Gasteiger partial charge >= 0.3 is 11.9 Å². The second kappa shape index (κ2) is 8.33. The summed E-state index contributed by atoms with van der Waals surface area (Å²) >= 11 is 1.67. The van der Waals surface area contributed by atoms with Crippen molar-refractivity contribution >= 4 is 34.2 Å². The van der Waals surface area contributed by atoms with Crippen molar-refractivity contribution in [2.24, 2.45) is 0 Å². The van der Waals surface area contributed by atoms with E-state index in [1.54, 1.807) is 30.7 Å². The van der Waals surface area contributed by atoms with Crippen LogP contribution in [-0.4, -0.2) is 30.7 Å². The molecule has 0 bridgehead atoms. The lowest BCUT2D eigenvalue weighted by molar-refractivity contribution is -0.147. The van der Waals surface area contributed by atoms with Crippen LogP contribution in [0.3, 0.4) is 0 Å². The molecule has 33 heavy (non-hydrogen) atoms. The summed E-state index contributed by atoms with van der Waals surface area (Å²) in [5.74, 6) is -0.309. The molecule has 1 saturated carbocycles. The molecule has 7 nitrogen and oxygen atoms in total. The SMILES string of the molecule is COC(=O)c1cn(C2CC2)c2c(OC)c(-c3cc4c(s3)CCCC4OC(C)=O)ccc2c1=O. The largest absolute Gasteiger partial charge is 0.494 e. The van der Waals surface area contributed by atoms with Gasteiger partial charge in [0, 0.05) is 40.0 Å². The molecule has 2 aromatic heterocycles. The van der Waals surface area contributed by atoms with E-state index in [1.807, 2.05) is 10.6 Å². The zero-order valence-corrected chi connectivity index (χ0v) is 19.6. The standard InChI is InChI=1S/C25H25NO6S/c1-13(27)32-19-5-4-6-20-17(19)11-21(33-20)15-9-10-16-22(24(15)30-2)26(14-7-8-14)12-18(23(16)28)25(29)31-3/h9-12,14,19H,4-8H2,1-3H3. The minimum atomic E-state index is -0.637. The Morgan fingerprint density at radius 1 is 1.15 bits per heavy atom. The van der Waals surface area contributed by atoms with Gasteiger partial charge in [-0.3, -0.25) is 9.59 Å². The Kier molecular flexibility index (Phi) is 5.48. The highest BCUT2D eigenvalue weighted by molar-refractivity contribution is 7.15. The molecule has 0 spiro atoms. The number of carbonyl (C=O) groups excluding carboxylic acids is 2. The van der Waals surface area contributed by atoms with Crippen LogP contribution < -0.4 is 10.2 Å². The van der Waals surface area contributed by atoms with Crippen molar-refractivity contribution in [2.75, 3.05) is 14.2 Å². The summed E-state index contributed by atoms with van der Waals surface area (Å²) in [5.41, 5.74) is 2.30. The number of rotatable bonds is 5. The van der Waals surface area contributed by atoms with E-state index in [4.69, 9.17) is 14.2 Å². The quantitative estimate of drug-likeness (QED) is 0.501. The highest BCUT2D eigenvalue weighted by Gasteiger charge is 2.31. The highest BCUT2D eigenvalue weighted by atomic mass is 32.1. The summed E-state index contributed by atoms with van der Waals surface area (Å²) in [6, 6.07) is 5.94. The van der Waals surface area contributed by atoms with Crippen LogP contribution in [-0.2, 0) is 20.7 Å². The fourth-order valence-electron chi connectivity index (χ4n) is 4.68. The van der Waals surface area contributed by atoms with E-state index < -0.39 is 5.97 Å². The van der Waals surface area contributed by atoms with Crippen LogP contribution in [0.4, 0.5) is 0 Å². The average molecular weight is 468 g/mol. The second-order valence-electron chi connectivity index (χ2n) is 8.52. The number of aryl methyl sites for hydroxylation is 1. The minimum Gasteiger partial charge on any atom is -0.494 e. The molecule has 0 amide bonds. The molecule has 1 fully saturated rings. The number of benzene rings is 1. The Labute approximate surface area is 194 Å². The van der Waals surface area contributed by atoms with Crippen molar-refractivity contribution in [2.45, 2.75) is 51.2 Å². The van der Waals surface area contributed by atoms with Gasteiger partial charge in [-0.2, -0.15) is 0 Å². The van der Waals surface area contributed by atoms with E-state index in [-0.39, 0.29) is 29.1 Å². The molecule has 0 saturated heterocycles. The summed E-state index contributed by atoms with van der Waals surface area (Å²) in [5, 5.41) is 0.435. The lowest BCUT2D eigenvalue weighted by Gasteiger charge is -2.21. The van der Waals surface area contributed by atoms with Gasteiger partial charge in [-0.1, -0.05) is 0 Å². The maximum atomic E-state index is 13.1. The van der Waals surface area contributed by atoms with Crippen molar-refractivity contribution in [1.29, 1.82) is 0 Å². The van der Waals surface area contributed by atoms with Gasteiger partial charge in [-0.25, -0.2) is 4.79 Å². The number of hydrogen-bond donors (Lipinski definition) is 0. The molecule has 1 atom stereocenters. The summed E-state index contributed by atoms with van der Waals surface area (Å²) in [6.45, 7) is 1.44. The van der Waals surface area contributed by atoms with Crippen LogP contribution in [0.15, 0.2) is 29.2 Å². The number of thiophene rings is 1. The van der Waals surface area contributed by atoms with Crippen molar-refractivity contribution in [1.82, 2.24) is 4.57 Å². The summed E-state index contributed by atoms with van der Waals surface area (Å²) in [4.78, 5) is 39.2. The molecule has 2 heterocycles. The summed E-state index contributed by atoms with van der Waals surface area (Å²) in [7, 11) is 2.88. The first kappa shape index (κ1) is 21.7. The van der Waals surface area contributed by atoms with Gasteiger partial charge < -0.3 is 18.8 Å². The van der Waals surface area contributed by atoms with E-state index in [9.17, 15) is 14.4 Å². The van der Waals surface area contributed by atoms with E-state index in [0.29, 0.717) is 16.7 Å². The molecule has 0 aliphatic heterocycles. The van der Waals surface area contributed by atoms with E-state index >= 15 is 0 Å². The van der Waals surface area contributed by atoms with E-state index in [0.717, 1.165) is 48.1 Å². The van der Waals surface area contributed by atoms with Gasteiger partial charge in [-0.05, 0) is 50.3 Å². The Hall–Kier alpha value is -3.13. The van der Waals surface area contributed by atoms with Gasteiger partial charge in [0.2, 0.25) is 5.43 Å². The molecule has 2 aliphatic carbocycles. The number of methoxy groups -OCH3 is 2. The van der Waals surface area contributed by atoms with Crippen molar-refractivity contribution < 1.29 is 23.8 Å². The van der Waals surface area contributed by atoms with Crippen molar-refractivity contribution in [3.05, 3.63) is 50.6 Å². The van der Waals surface area contributed by atoms with Crippen LogP contribution in [0.5, 0.6) is 5.75 Å². The lowest BCUT2D eigenvalue weighted by Crippen LogP contribution is -2.20. The smallest absolute Gasteiger partial charge is 0.343 e. The van der Waals surface area contributed by atoms with E-state index in [2.05, 4.69) is 6.07 Å². The van der Waals surface area contributed by atoms with Crippen molar-refractivity contribution in [3.8, 4) is 16.2 Å². The van der Waals surface area contributed by atoms with E-state index in [1.165, 1.54) is 18.9 Å². The topological polar surface area (TPSA) is 83.8 Å². The third-order valence-electron chi connectivity index (χ3n) is 6.33. The maximum Gasteiger partial charge on any atom is 0.343 e. The van der Waals surface area contributed by atoms with Crippen LogP contribution in [0.25, 0.3) is 21.3 Å². The summed E-state index contributed by atoms with van der Waals surface area (Å²) < 4.78 is 18.3. The van der Waals surface area contributed by atoms with Crippen LogP contribution in [0.1, 0.15) is 65.6 Å². The molecule has 0 N–H and O–H groups in total. The van der Waals surface area contributed by atoms with Gasteiger partial charge in [-0.15, -0.1) is 11.3 Å². The Morgan fingerprint density at radius 3 is 2.61 bits per heavy atom. The number of ether oxygens (including phenoxy) is 3. The molecular weight excluding hydrogens is 442 g/mol. The molecular formula is C25H25NO6S. The minimum absolute atomic E-state index is 0.0301. The molecule has 2 aliphatic rings. The number of pyridine rings is 1. The Balaban J connectivity index is 1.71. The van der Waals surface area contributed by atoms with Gasteiger partial charge in [0.05, 0.1) is 25.1 Å². The molecule has 0 radical (unpaired) electrons. The fourth-order valence-corrected chi connectivity index (χ4v) is 5.96. The first-order valence-electron chi connectivity index (χ1n) is 11.1. The number of fused-ring (bicyclic) bond motifs is 2. The summed E-state index contributed by atoms with van der Waals surface area (Å²) in [6.07, 6.45) is 6.06. The molecule has 8 heteroatoms. The number of nitrogens with zero attached hydrogens (tertiary/aromatic N) is 1. The fraction of sp³-hybridized carbons (Fsp3) is 0.400. The first-order chi connectivity index (χ1) is 15.9. The third kappa shape index (κ3) is 3.72. The number of carbonyl (C=O) groups is 2. The predicted molar refractivity (Wildman–Crippen MR) is 125 cm³/mol. The number of esters is 2. The van der Waals surface area contributed by atoms with Gasteiger partial charge in [0.1, 0.15) is 11.7 Å². The molecule has 1 unspecified atom stereocenters. The zero-order chi connectivity index (χ0) is 23.3. The Bertz CT molecular complexity index is 1330. The van der Waals surface area contributed by atoms with Crippen LogP contribution in [0, 0.1) is 0 Å². The van der Waals surface area contributed by atoms with Gasteiger partial charge in [0.25, 0.3) is 0 Å². The lowest BCUT2D eigenvalue weighted by atomic mass is 9.95. The number of hydrogen-bond acceptors (Lipinski definition) is 7. The molecule has 1 aromatic carbocycles. The highest BCUT2D eigenvalue weighted by Crippen LogP contribution is 2.47. The van der Waals surface area contributed by atoms with Crippen LogP contribution in [0.2, 0.25) is 0 Å². The zero-order valence-electron chi connectivity index (χ0n) is 18.8. The maximum absolute atomic E-state index is 13.1. The monoisotopic (exact) mass is 467 g/mol. The number of aromatic nitrogens is 1. The first-order valence-corrected chi connectivity index (χ1v) is 11.9. The second-order valence-corrected chi connectivity index (χ2v) is 9.66. The van der Waals surface area contributed by atoms with Crippen LogP contribution >= 0.6 is 11.3 Å². The molecule has 5 rings (SSSR count). The van der Waals surface area contributed by atoms with Crippen molar-refractivity contribution in [3.63, 3.8) is 0 Å². The van der Waals surface area contributed by atoms with Gasteiger partial charge in [0.15, 0.2) is 5.75 Å². The normalized spacial score (nSPS) is 17.5. The molecule has 3 aromatic rings. The third-order valence-corrected chi connectivity index (χ3v) is 7.57. The Morgan fingerprint density at radius 2 is 1.94 bits per heavy atom. The predicted octanol–water partition coefficient (Wildman–Crippen LogP) is 4.80. The average Bonchev–Trinajstić information content (AvgIpc) is 3.55.